The van der Waals surface area contributed by atoms with Gasteiger partial charge in [0.15, 0.2) is 0 Å². The van der Waals surface area contributed by atoms with Gasteiger partial charge in [-0.15, -0.1) is 0 Å². The standard InChI is InChI=1S/C10H16F3N3/c1-2-3-4-6-14-9-5-7-16(15-9)8-10(11,12)13/h5,7H,2-4,6,8H2,1H3,(H,14,15). The first-order chi connectivity index (χ1) is 7.51. The Labute approximate surface area is 92.6 Å². The summed E-state index contributed by atoms with van der Waals surface area (Å²) in [5, 5.41) is 6.77. The second kappa shape index (κ2) is 5.77. The van der Waals surface area contributed by atoms with E-state index in [1.54, 1.807) is 6.07 Å². The molecular formula is C10H16F3N3. The van der Waals surface area contributed by atoms with Crippen molar-refractivity contribution in [2.24, 2.45) is 0 Å². The van der Waals surface area contributed by atoms with Crippen LogP contribution in [0.4, 0.5) is 19.0 Å². The van der Waals surface area contributed by atoms with Crippen LogP contribution in [-0.4, -0.2) is 22.5 Å². The molecule has 0 unspecified atom stereocenters. The summed E-state index contributed by atoms with van der Waals surface area (Å²) in [6.07, 6.45) is 0.338. The number of aromatic nitrogens is 2. The van der Waals surface area contributed by atoms with Gasteiger partial charge in [-0.25, -0.2) is 0 Å². The van der Waals surface area contributed by atoms with Crippen LogP contribution in [0.5, 0.6) is 0 Å². The van der Waals surface area contributed by atoms with Crippen LogP contribution in [0, 0.1) is 0 Å². The van der Waals surface area contributed by atoms with E-state index in [1.807, 2.05) is 0 Å². The molecule has 0 amide bonds. The molecule has 0 aliphatic rings. The molecule has 0 spiro atoms. The van der Waals surface area contributed by atoms with Crippen LogP contribution in [0.2, 0.25) is 0 Å². The van der Waals surface area contributed by atoms with Crippen molar-refractivity contribution in [3.8, 4) is 0 Å². The SMILES string of the molecule is CCCCCNc1ccn(CC(F)(F)F)n1. The van der Waals surface area contributed by atoms with E-state index in [0.717, 1.165) is 30.5 Å². The van der Waals surface area contributed by atoms with E-state index in [-0.39, 0.29) is 0 Å². The fraction of sp³-hybridized carbons (Fsp3) is 0.700. The average molecular weight is 235 g/mol. The van der Waals surface area contributed by atoms with Gasteiger partial charge in [0.25, 0.3) is 0 Å². The second-order valence-corrected chi connectivity index (χ2v) is 3.65. The number of hydrogen-bond donors (Lipinski definition) is 1. The Morgan fingerprint density at radius 1 is 1.38 bits per heavy atom. The molecule has 0 bridgehead atoms. The summed E-state index contributed by atoms with van der Waals surface area (Å²) in [7, 11) is 0. The first-order valence-corrected chi connectivity index (χ1v) is 5.35. The van der Waals surface area contributed by atoms with Gasteiger partial charge in [0.1, 0.15) is 12.4 Å². The number of hydrogen-bond acceptors (Lipinski definition) is 2. The number of unbranched alkanes of at least 4 members (excludes halogenated alkanes) is 2. The van der Waals surface area contributed by atoms with Gasteiger partial charge in [-0.3, -0.25) is 4.68 Å². The minimum Gasteiger partial charge on any atom is -0.369 e. The van der Waals surface area contributed by atoms with Crippen LogP contribution in [0.15, 0.2) is 12.3 Å². The highest BCUT2D eigenvalue weighted by atomic mass is 19.4. The van der Waals surface area contributed by atoms with E-state index >= 15 is 0 Å². The van der Waals surface area contributed by atoms with Gasteiger partial charge in [0.2, 0.25) is 0 Å². The van der Waals surface area contributed by atoms with Crippen molar-refractivity contribution in [2.75, 3.05) is 11.9 Å². The average Bonchev–Trinajstić information content (AvgIpc) is 2.58. The van der Waals surface area contributed by atoms with Gasteiger partial charge in [-0.2, -0.15) is 18.3 Å². The Hall–Kier alpha value is -1.20. The van der Waals surface area contributed by atoms with Gasteiger partial charge in [-0.05, 0) is 6.42 Å². The maximum absolute atomic E-state index is 12.0. The lowest BCUT2D eigenvalue weighted by molar-refractivity contribution is -0.142. The van der Waals surface area contributed by atoms with Crippen molar-refractivity contribution in [3.05, 3.63) is 12.3 Å². The van der Waals surface area contributed by atoms with Crippen molar-refractivity contribution in [1.82, 2.24) is 9.78 Å². The fourth-order valence-electron chi connectivity index (χ4n) is 1.32. The minimum absolute atomic E-state index is 0.500. The normalized spacial score (nSPS) is 11.8. The number of rotatable bonds is 6. The number of nitrogens with zero attached hydrogens (tertiary/aromatic N) is 2. The van der Waals surface area contributed by atoms with E-state index in [2.05, 4.69) is 17.3 Å². The summed E-state index contributed by atoms with van der Waals surface area (Å²) >= 11 is 0. The van der Waals surface area contributed by atoms with E-state index in [9.17, 15) is 13.2 Å². The van der Waals surface area contributed by atoms with Gasteiger partial charge >= 0.3 is 6.18 Å². The van der Waals surface area contributed by atoms with Crippen LogP contribution < -0.4 is 5.32 Å². The molecule has 0 saturated heterocycles. The molecule has 1 rings (SSSR count). The van der Waals surface area contributed by atoms with Gasteiger partial charge in [-0.1, -0.05) is 19.8 Å². The quantitative estimate of drug-likeness (QED) is 0.768. The highest BCUT2D eigenvalue weighted by Crippen LogP contribution is 2.17. The molecule has 6 heteroatoms. The largest absolute Gasteiger partial charge is 0.408 e. The summed E-state index contributed by atoms with van der Waals surface area (Å²) in [6, 6.07) is 1.55. The number of alkyl halides is 3. The Kier molecular flexibility index (Phi) is 4.64. The summed E-state index contributed by atoms with van der Waals surface area (Å²) in [4.78, 5) is 0. The maximum atomic E-state index is 12.0. The molecule has 0 aliphatic carbocycles. The molecule has 16 heavy (non-hydrogen) atoms. The molecule has 1 aromatic rings. The third kappa shape index (κ3) is 5.04. The number of anilines is 1. The molecule has 0 fully saturated rings. The minimum atomic E-state index is -4.22. The molecule has 1 N–H and O–H groups in total. The number of nitrogens with one attached hydrogen (secondary N) is 1. The lowest BCUT2D eigenvalue weighted by Crippen LogP contribution is -2.18. The highest BCUT2D eigenvalue weighted by Gasteiger charge is 2.28. The summed E-state index contributed by atoms with van der Waals surface area (Å²) in [5.41, 5.74) is 0. The Morgan fingerprint density at radius 3 is 2.75 bits per heavy atom. The zero-order valence-corrected chi connectivity index (χ0v) is 9.22. The summed E-state index contributed by atoms with van der Waals surface area (Å²) < 4.78 is 37.0. The van der Waals surface area contributed by atoms with E-state index < -0.39 is 12.7 Å². The van der Waals surface area contributed by atoms with Crippen molar-refractivity contribution in [2.45, 2.75) is 38.9 Å². The molecule has 0 saturated carbocycles. The molecule has 1 aromatic heterocycles. The van der Waals surface area contributed by atoms with Crippen LogP contribution in [0.25, 0.3) is 0 Å². The fourth-order valence-corrected chi connectivity index (χ4v) is 1.32. The molecule has 1 heterocycles. The Bertz CT molecular complexity index is 307. The first-order valence-electron chi connectivity index (χ1n) is 5.35. The topological polar surface area (TPSA) is 29.9 Å². The third-order valence-corrected chi connectivity index (χ3v) is 2.07. The summed E-state index contributed by atoms with van der Waals surface area (Å²) in [6.45, 7) is 1.80. The molecule has 92 valence electrons. The second-order valence-electron chi connectivity index (χ2n) is 3.65. The lowest BCUT2D eigenvalue weighted by Gasteiger charge is -2.05. The first kappa shape index (κ1) is 12.9. The lowest BCUT2D eigenvalue weighted by atomic mass is 10.2. The van der Waals surface area contributed by atoms with Crippen molar-refractivity contribution in [3.63, 3.8) is 0 Å². The maximum Gasteiger partial charge on any atom is 0.408 e. The van der Waals surface area contributed by atoms with Crippen LogP contribution in [-0.2, 0) is 6.54 Å². The zero-order chi connectivity index (χ0) is 12.0. The van der Waals surface area contributed by atoms with Gasteiger partial charge in [0, 0.05) is 18.8 Å². The molecule has 0 aliphatic heterocycles. The monoisotopic (exact) mass is 235 g/mol. The number of halogens is 3. The zero-order valence-electron chi connectivity index (χ0n) is 9.22. The third-order valence-electron chi connectivity index (χ3n) is 2.07. The smallest absolute Gasteiger partial charge is 0.369 e. The predicted octanol–water partition coefficient (Wildman–Crippen LogP) is 3.05. The van der Waals surface area contributed by atoms with E-state index in [0.29, 0.717) is 5.82 Å². The predicted molar refractivity (Wildman–Crippen MR) is 56.3 cm³/mol. The van der Waals surface area contributed by atoms with Gasteiger partial charge in [0.05, 0.1) is 0 Å². The Morgan fingerprint density at radius 2 is 2.12 bits per heavy atom. The molecule has 0 atom stereocenters. The van der Waals surface area contributed by atoms with Crippen LogP contribution in [0.1, 0.15) is 26.2 Å². The molecular weight excluding hydrogens is 219 g/mol. The van der Waals surface area contributed by atoms with Crippen LogP contribution >= 0.6 is 0 Å². The summed E-state index contributed by atoms with van der Waals surface area (Å²) in [5.74, 6) is 0.500. The Balaban J connectivity index is 2.34. The molecule has 0 aromatic carbocycles. The van der Waals surface area contributed by atoms with E-state index in [4.69, 9.17) is 0 Å². The van der Waals surface area contributed by atoms with Crippen molar-refractivity contribution < 1.29 is 13.2 Å². The van der Waals surface area contributed by atoms with Crippen molar-refractivity contribution in [1.29, 1.82) is 0 Å². The van der Waals surface area contributed by atoms with E-state index in [1.165, 1.54) is 6.20 Å². The molecule has 0 radical (unpaired) electrons. The van der Waals surface area contributed by atoms with Crippen LogP contribution in [0.3, 0.4) is 0 Å². The van der Waals surface area contributed by atoms with Crippen molar-refractivity contribution >= 4 is 5.82 Å². The molecule has 3 nitrogen and oxygen atoms in total. The highest BCUT2D eigenvalue weighted by molar-refractivity contribution is 5.31. The van der Waals surface area contributed by atoms with Gasteiger partial charge < -0.3 is 5.32 Å².